The van der Waals surface area contributed by atoms with Gasteiger partial charge in [0.1, 0.15) is 0 Å². The molecular formula is C28H30INO3. The molecule has 1 saturated heterocycles. The van der Waals surface area contributed by atoms with Gasteiger partial charge in [-0.1, -0.05) is 55.0 Å². The van der Waals surface area contributed by atoms with Gasteiger partial charge in [-0.2, -0.15) is 0 Å². The topological polar surface area (TPSA) is 57.6 Å². The van der Waals surface area contributed by atoms with Crippen molar-refractivity contribution >= 4 is 46.5 Å². The van der Waals surface area contributed by atoms with Crippen molar-refractivity contribution in [1.29, 1.82) is 0 Å². The molecule has 172 valence electrons. The van der Waals surface area contributed by atoms with E-state index in [1.807, 2.05) is 24.3 Å². The number of likely N-dealkylation sites (tertiary alicyclic amines) is 1. The SMILES string of the molecule is I.O=C(O)c1ccc(C(=O)C2CC(CCN3CCCCC3)c3ccccc32)c2ccccc12. The van der Waals surface area contributed by atoms with Gasteiger partial charge in [0.05, 0.1) is 5.56 Å². The van der Waals surface area contributed by atoms with Gasteiger partial charge >= 0.3 is 5.97 Å². The minimum Gasteiger partial charge on any atom is -0.478 e. The Morgan fingerprint density at radius 3 is 2.12 bits per heavy atom. The Labute approximate surface area is 212 Å². The third-order valence-corrected chi connectivity index (χ3v) is 7.31. The van der Waals surface area contributed by atoms with Crippen molar-refractivity contribution in [3.8, 4) is 0 Å². The lowest BCUT2D eigenvalue weighted by Crippen LogP contribution is -2.31. The fraction of sp³-hybridized carbons (Fsp3) is 0.357. The van der Waals surface area contributed by atoms with Crippen molar-refractivity contribution in [1.82, 2.24) is 4.90 Å². The maximum atomic E-state index is 13.8. The molecular weight excluding hydrogens is 525 g/mol. The molecule has 2 aliphatic rings. The molecule has 1 fully saturated rings. The van der Waals surface area contributed by atoms with E-state index < -0.39 is 5.97 Å². The van der Waals surface area contributed by atoms with E-state index in [0.29, 0.717) is 16.9 Å². The van der Waals surface area contributed by atoms with Crippen LogP contribution in [0.1, 0.15) is 75.8 Å². The summed E-state index contributed by atoms with van der Waals surface area (Å²) in [6.45, 7) is 3.48. The summed E-state index contributed by atoms with van der Waals surface area (Å²) in [5, 5.41) is 10.9. The highest BCUT2D eigenvalue weighted by Crippen LogP contribution is 2.45. The van der Waals surface area contributed by atoms with Crippen molar-refractivity contribution in [2.45, 2.75) is 43.9 Å². The number of piperidine rings is 1. The molecule has 4 nitrogen and oxygen atoms in total. The highest BCUT2D eigenvalue weighted by molar-refractivity contribution is 14.0. The van der Waals surface area contributed by atoms with E-state index in [9.17, 15) is 14.7 Å². The lowest BCUT2D eigenvalue weighted by molar-refractivity contribution is 0.0698. The lowest BCUT2D eigenvalue weighted by atomic mass is 9.88. The Morgan fingerprint density at radius 1 is 0.818 bits per heavy atom. The first-order valence-electron chi connectivity index (χ1n) is 11.7. The van der Waals surface area contributed by atoms with Crippen LogP contribution in [0.15, 0.2) is 60.7 Å². The molecule has 3 aromatic rings. The Bertz CT molecular complexity index is 1170. The minimum absolute atomic E-state index is 0. The van der Waals surface area contributed by atoms with Crippen molar-refractivity contribution in [2.24, 2.45) is 0 Å². The number of ketones is 1. The van der Waals surface area contributed by atoms with Gasteiger partial charge < -0.3 is 10.0 Å². The molecule has 1 heterocycles. The second kappa shape index (κ2) is 10.3. The Morgan fingerprint density at radius 2 is 1.42 bits per heavy atom. The summed E-state index contributed by atoms with van der Waals surface area (Å²) in [5.41, 5.74) is 3.33. The van der Waals surface area contributed by atoms with E-state index >= 15 is 0 Å². The molecule has 2 atom stereocenters. The number of carboxylic acids is 1. The second-order valence-electron chi connectivity index (χ2n) is 9.18. The molecule has 5 rings (SSSR count). The molecule has 0 aromatic heterocycles. The lowest BCUT2D eigenvalue weighted by Gasteiger charge is -2.27. The van der Waals surface area contributed by atoms with E-state index in [2.05, 4.69) is 23.1 Å². The molecule has 0 bridgehead atoms. The van der Waals surface area contributed by atoms with Crippen LogP contribution in [0.4, 0.5) is 0 Å². The number of fused-ring (bicyclic) bond motifs is 2. The monoisotopic (exact) mass is 555 g/mol. The zero-order valence-corrected chi connectivity index (χ0v) is 21.0. The maximum absolute atomic E-state index is 13.8. The maximum Gasteiger partial charge on any atom is 0.336 e. The van der Waals surface area contributed by atoms with Gasteiger partial charge in [0.2, 0.25) is 0 Å². The van der Waals surface area contributed by atoms with Crippen LogP contribution in [0, 0.1) is 0 Å². The average molecular weight is 555 g/mol. The smallest absolute Gasteiger partial charge is 0.336 e. The van der Waals surface area contributed by atoms with Gasteiger partial charge in [-0.3, -0.25) is 4.79 Å². The molecule has 5 heteroatoms. The van der Waals surface area contributed by atoms with Gasteiger partial charge in [0, 0.05) is 11.5 Å². The first kappa shape index (κ1) is 23.9. The molecule has 33 heavy (non-hydrogen) atoms. The molecule has 0 radical (unpaired) electrons. The average Bonchev–Trinajstić information content (AvgIpc) is 3.21. The van der Waals surface area contributed by atoms with Gasteiger partial charge in [-0.05, 0) is 85.3 Å². The predicted molar refractivity (Wildman–Crippen MR) is 142 cm³/mol. The summed E-state index contributed by atoms with van der Waals surface area (Å²) >= 11 is 0. The number of carboxylic acid groups (broad SMARTS) is 1. The Kier molecular flexibility index (Phi) is 7.49. The Balaban J connectivity index is 0.00000259. The van der Waals surface area contributed by atoms with E-state index in [0.717, 1.165) is 30.3 Å². The van der Waals surface area contributed by atoms with E-state index in [1.54, 1.807) is 18.2 Å². The zero-order valence-electron chi connectivity index (χ0n) is 18.7. The molecule has 1 aliphatic heterocycles. The van der Waals surface area contributed by atoms with Crippen LogP contribution in [0.2, 0.25) is 0 Å². The third kappa shape index (κ3) is 4.71. The van der Waals surface area contributed by atoms with Crippen molar-refractivity contribution < 1.29 is 14.7 Å². The van der Waals surface area contributed by atoms with E-state index in [1.165, 1.54) is 37.9 Å². The van der Waals surface area contributed by atoms with Gasteiger partial charge in [0.15, 0.2) is 5.78 Å². The normalized spacial score (nSPS) is 20.2. The molecule has 1 aliphatic carbocycles. The number of carbonyl (C=O) groups is 2. The third-order valence-electron chi connectivity index (χ3n) is 7.31. The van der Waals surface area contributed by atoms with Crippen LogP contribution in [-0.2, 0) is 0 Å². The van der Waals surface area contributed by atoms with E-state index in [-0.39, 0.29) is 41.2 Å². The molecule has 0 saturated carbocycles. The first-order valence-corrected chi connectivity index (χ1v) is 11.7. The number of aromatic carboxylic acids is 1. The molecule has 0 amide bonds. The number of carbonyl (C=O) groups excluding carboxylic acids is 1. The molecule has 2 unspecified atom stereocenters. The van der Waals surface area contributed by atoms with Crippen molar-refractivity contribution in [3.05, 3.63) is 82.9 Å². The quantitative estimate of drug-likeness (QED) is 0.279. The number of rotatable bonds is 6. The predicted octanol–water partition coefficient (Wildman–Crippen LogP) is 6.49. The number of benzene rings is 3. The zero-order chi connectivity index (χ0) is 22.1. The largest absolute Gasteiger partial charge is 0.478 e. The number of nitrogens with zero attached hydrogens (tertiary/aromatic N) is 1. The Hall–Kier alpha value is -2.25. The number of Topliss-reactive ketones (excluding diaryl/α,β-unsaturated/α-hetero) is 1. The van der Waals surface area contributed by atoms with Crippen LogP contribution in [0.5, 0.6) is 0 Å². The van der Waals surface area contributed by atoms with Crippen LogP contribution in [-0.4, -0.2) is 41.4 Å². The number of halogens is 1. The molecule has 1 N–H and O–H groups in total. The minimum atomic E-state index is -0.968. The number of hydrogen-bond donors (Lipinski definition) is 1. The summed E-state index contributed by atoms with van der Waals surface area (Å²) < 4.78 is 0. The molecule has 0 spiro atoms. The summed E-state index contributed by atoms with van der Waals surface area (Å²) in [5.74, 6) is -0.640. The fourth-order valence-corrected chi connectivity index (χ4v) is 5.67. The highest BCUT2D eigenvalue weighted by atomic mass is 127. The summed E-state index contributed by atoms with van der Waals surface area (Å²) in [6.07, 6.45) is 5.85. The molecule has 3 aromatic carbocycles. The number of hydrogen-bond acceptors (Lipinski definition) is 3. The van der Waals surface area contributed by atoms with Gasteiger partial charge in [-0.15, -0.1) is 24.0 Å². The second-order valence-corrected chi connectivity index (χ2v) is 9.18. The summed E-state index contributed by atoms with van der Waals surface area (Å²) in [4.78, 5) is 28.0. The van der Waals surface area contributed by atoms with Crippen molar-refractivity contribution in [2.75, 3.05) is 19.6 Å². The van der Waals surface area contributed by atoms with Crippen LogP contribution in [0.3, 0.4) is 0 Å². The van der Waals surface area contributed by atoms with Crippen LogP contribution < -0.4 is 0 Å². The summed E-state index contributed by atoms with van der Waals surface area (Å²) in [7, 11) is 0. The highest BCUT2D eigenvalue weighted by Gasteiger charge is 2.36. The van der Waals surface area contributed by atoms with Crippen LogP contribution >= 0.6 is 24.0 Å². The summed E-state index contributed by atoms with van der Waals surface area (Å²) in [6, 6.07) is 19.0. The van der Waals surface area contributed by atoms with Gasteiger partial charge in [-0.25, -0.2) is 4.79 Å². The standard InChI is InChI=1S/C28H29NO3.HI/c30-27(24-12-13-25(28(31)32)23-11-5-4-10-22(23)24)26-18-19(20-8-2-3-9-21(20)26)14-17-29-15-6-1-7-16-29;/h2-5,8-13,19,26H,1,6-7,14-18H2,(H,31,32);1H. The van der Waals surface area contributed by atoms with Crippen molar-refractivity contribution in [3.63, 3.8) is 0 Å². The fourth-order valence-electron chi connectivity index (χ4n) is 5.67. The van der Waals surface area contributed by atoms with Crippen LogP contribution in [0.25, 0.3) is 10.8 Å². The first-order chi connectivity index (χ1) is 15.6. The van der Waals surface area contributed by atoms with E-state index in [4.69, 9.17) is 0 Å². The van der Waals surface area contributed by atoms with Gasteiger partial charge in [0.25, 0.3) is 0 Å².